The number of alkyl halides is 1. The molecule has 0 radical (unpaired) electrons. The minimum absolute atomic E-state index is 0.0272. The number of carbonyl (C=O) groups is 1. The van der Waals surface area contributed by atoms with E-state index in [1.807, 2.05) is 18.2 Å². The predicted octanol–water partition coefficient (Wildman–Crippen LogP) is 1.09. The van der Waals surface area contributed by atoms with Crippen molar-refractivity contribution in [3.8, 4) is 0 Å². The SMILES string of the molecule is O=C(CBr)NCc1ccccn1. The van der Waals surface area contributed by atoms with Gasteiger partial charge in [0.2, 0.25) is 5.91 Å². The molecule has 1 heterocycles. The van der Waals surface area contributed by atoms with Gasteiger partial charge in [-0.1, -0.05) is 22.0 Å². The second-order valence-corrected chi connectivity index (χ2v) is 2.79. The van der Waals surface area contributed by atoms with Crippen LogP contribution in [0.1, 0.15) is 5.69 Å². The number of halogens is 1. The fourth-order valence-corrected chi connectivity index (χ4v) is 0.937. The summed E-state index contributed by atoms with van der Waals surface area (Å²) in [5.41, 5.74) is 0.867. The summed E-state index contributed by atoms with van der Waals surface area (Å²) in [6.07, 6.45) is 1.70. The third-order valence-electron chi connectivity index (χ3n) is 1.31. The van der Waals surface area contributed by atoms with Gasteiger partial charge in [0.25, 0.3) is 0 Å². The molecule has 0 atom stereocenters. The molecule has 1 N–H and O–H groups in total. The smallest absolute Gasteiger partial charge is 0.230 e. The van der Waals surface area contributed by atoms with Crippen molar-refractivity contribution >= 4 is 21.8 Å². The van der Waals surface area contributed by atoms with E-state index in [1.54, 1.807) is 6.20 Å². The van der Waals surface area contributed by atoms with Crippen LogP contribution in [0.4, 0.5) is 0 Å². The minimum Gasteiger partial charge on any atom is -0.350 e. The Morgan fingerprint density at radius 3 is 3.00 bits per heavy atom. The molecule has 0 aliphatic heterocycles. The molecule has 0 aliphatic rings. The molecule has 3 nitrogen and oxygen atoms in total. The fraction of sp³-hybridized carbons (Fsp3) is 0.250. The van der Waals surface area contributed by atoms with Gasteiger partial charge in [-0.25, -0.2) is 0 Å². The van der Waals surface area contributed by atoms with Gasteiger partial charge in [-0.2, -0.15) is 0 Å². The van der Waals surface area contributed by atoms with Crippen molar-refractivity contribution < 1.29 is 4.79 Å². The van der Waals surface area contributed by atoms with Crippen LogP contribution in [0.25, 0.3) is 0 Å². The molecule has 1 rings (SSSR count). The highest BCUT2D eigenvalue weighted by molar-refractivity contribution is 9.09. The Morgan fingerprint density at radius 1 is 1.58 bits per heavy atom. The Bertz CT molecular complexity index is 250. The highest BCUT2D eigenvalue weighted by Gasteiger charge is 1.97. The molecule has 0 unspecified atom stereocenters. The number of pyridine rings is 1. The van der Waals surface area contributed by atoms with Gasteiger partial charge in [0.1, 0.15) is 0 Å². The van der Waals surface area contributed by atoms with Crippen molar-refractivity contribution in [2.45, 2.75) is 6.54 Å². The van der Waals surface area contributed by atoms with Gasteiger partial charge in [0.15, 0.2) is 0 Å². The average Bonchev–Trinajstić information content (AvgIpc) is 2.16. The standard InChI is InChI=1S/C8H9BrN2O/c9-5-8(12)11-6-7-3-1-2-4-10-7/h1-4H,5-6H2,(H,11,12). The molecule has 0 bridgehead atoms. The number of amides is 1. The van der Waals surface area contributed by atoms with E-state index in [4.69, 9.17) is 0 Å². The molecule has 0 spiro atoms. The molecule has 0 aliphatic carbocycles. The van der Waals surface area contributed by atoms with Gasteiger partial charge >= 0.3 is 0 Å². The normalized spacial score (nSPS) is 9.42. The summed E-state index contributed by atoms with van der Waals surface area (Å²) in [6, 6.07) is 5.60. The summed E-state index contributed by atoms with van der Waals surface area (Å²) in [7, 11) is 0. The van der Waals surface area contributed by atoms with E-state index in [9.17, 15) is 4.79 Å². The van der Waals surface area contributed by atoms with Gasteiger partial charge in [-0.05, 0) is 12.1 Å². The number of nitrogens with one attached hydrogen (secondary N) is 1. The van der Waals surface area contributed by atoms with Crippen molar-refractivity contribution in [3.63, 3.8) is 0 Å². The molecule has 0 saturated heterocycles. The van der Waals surface area contributed by atoms with Crippen LogP contribution in [0.2, 0.25) is 0 Å². The lowest BCUT2D eigenvalue weighted by Crippen LogP contribution is -2.23. The molecule has 0 saturated carbocycles. The Hall–Kier alpha value is -0.900. The largest absolute Gasteiger partial charge is 0.350 e. The maximum absolute atomic E-state index is 10.8. The van der Waals surface area contributed by atoms with Crippen LogP contribution in [-0.2, 0) is 11.3 Å². The van der Waals surface area contributed by atoms with Gasteiger partial charge in [-0.3, -0.25) is 9.78 Å². The third-order valence-corrected chi connectivity index (χ3v) is 1.82. The lowest BCUT2D eigenvalue weighted by atomic mass is 10.3. The summed E-state index contributed by atoms with van der Waals surface area (Å²) >= 11 is 3.06. The van der Waals surface area contributed by atoms with E-state index >= 15 is 0 Å². The zero-order valence-electron chi connectivity index (χ0n) is 6.46. The molecule has 64 valence electrons. The van der Waals surface area contributed by atoms with Crippen molar-refractivity contribution in [2.24, 2.45) is 0 Å². The zero-order chi connectivity index (χ0) is 8.81. The zero-order valence-corrected chi connectivity index (χ0v) is 8.04. The van der Waals surface area contributed by atoms with Gasteiger partial charge < -0.3 is 5.32 Å². The Balaban J connectivity index is 2.38. The Kier molecular flexibility index (Phi) is 3.73. The quantitative estimate of drug-likeness (QED) is 0.788. The molecule has 1 amide bonds. The predicted molar refractivity (Wildman–Crippen MR) is 49.9 cm³/mol. The molecule has 4 heteroatoms. The Morgan fingerprint density at radius 2 is 2.42 bits per heavy atom. The van der Waals surface area contributed by atoms with E-state index in [0.717, 1.165) is 5.69 Å². The first-order valence-corrected chi connectivity index (χ1v) is 4.67. The summed E-state index contributed by atoms with van der Waals surface area (Å²) in [5, 5.41) is 3.03. The molecule has 0 aromatic carbocycles. The van der Waals surface area contributed by atoms with E-state index in [-0.39, 0.29) is 5.91 Å². The van der Waals surface area contributed by atoms with Crippen LogP contribution >= 0.6 is 15.9 Å². The van der Waals surface area contributed by atoms with Gasteiger partial charge in [0, 0.05) is 6.20 Å². The van der Waals surface area contributed by atoms with Crippen molar-refractivity contribution in [2.75, 3.05) is 5.33 Å². The van der Waals surface area contributed by atoms with E-state index in [0.29, 0.717) is 11.9 Å². The van der Waals surface area contributed by atoms with Crippen LogP contribution in [0.15, 0.2) is 24.4 Å². The lowest BCUT2D eigenvalue weighted by Gasteiger charge is -2.00. The average molecular weight is 229 g/mol. The highest BCUT2D eigenvalue weighted by Crippen LogP contribution is 1.91. The second-order valence-electron chi connectivity index (χ2n) is 2.23. The topological polar surface area (TPSA) is 42.0 Å². The van der Waals surface area contributed by atoms with E-state index in [1.165, 1.54) is 0 Å². The van der Waals surface area contributed by atoms with Crippen LogP contribution in [0.5, 0.6) is 0 Å². The number of hydrogen-bond acceptors (Lipinski definition) is 2. The minimum atomic E-state index is -0.0272. The number of rotatable bonds is 3. The maximum atomic E-state index is 10.8. The summed E-state index contributed by atoms with van der Waals surface area (Å²) in [5.74, 6) is -0.0272. The Labute approximate surface area is 79.3 Å². The number of aromatic nitrogens is 1. The summed E-state index contributed by atoms with van der Waals surface area (Å²) in [4.78, 5) is 14.9. The summed E-state index contributed by atoms with van der Waals surface area (Å²) in [6.45, 7) is 0.491. The van der Waals surface area contributed by atoms with Crippen LogP contribution in [0.3, 0.4) is 0 Å². The van der Waals surface area contributed by atoms with Crippen LogP contribution in [-0.4, -0.2) is 16.2 Å². The fourth-order valence-electron chi connectivity index (χ4n) is 0.739. The molecule has 12 heavy (non-hydrogen) atoms. The third kappa shape index (κ3) is 3.00. The molecular formula is C8H9BrN2O. The maximum Gasteiger partial charge on any atom is 0.230 e. The van der Waals surface area contributed by atoms with Crippen molar-refractivity contribution in [3.05, 3.63) is 30.1 Å². The molecule has 0 fully saturated rings. The molecule has 1 aromatic rings. The van der Waals surface area contributed by atoms with E-state index < -0.39 is 0 Å². The van der Waals surface area contributed by atoms with Crippen LogP contribution < -0.4 is 5.32 Å². The summed E-state index contributed by atoms with van der Waals surface area (Å²) < 4.78 is 0. The lowest BCUT2D eigenvalue weighted by molar-refractivity contribution is -0.118. The number of hydrogen-bond donors (Lipinski definition) is 1. The van der Waals surface area contributed by atoms with Gasteiger partial charge in [0.05, 0.1) is 17.6 Å². The van der Waals surface area contributed by atoms with Crippen LogP contribution in [0, 0.1) is 0 Å². The first-order valence-electron chi connectivity index (χ1n) is 3.55. The molecular weight excluding hydrogens is 220 g/mol. The number of carbonyl (C=O) groups excluding carboxylic acids is 1. The van der Waals surface area contributed by atoms with E-state index in [2.05, 4.69) is 26.2 Å². The number of nitrogens with zero attached hydrogens (tertiary/aromatic N) is 1. The van der Waals surface area contributed by atoms with Crippen molar-refractivity contribution in [1.29, 1.82) is 0 Å². The van der Waals surface area contributed by atoms with Crippen molar-refractivity contribution in [1.82, 2.24) is 10.3 Å². The first kappa shape index (κ1) is 9.19. The highest BCUT2D eigenvalue weighted by atomic mass is 79.9. The second kappa shape index (κ2) is 4.87. The monoisotopic (exact) mass is 228 g/mol. The molecule has 1 aromatic heterocycles. The van der Waals surface area contributed by atoms with Gasteiger partial charge in [-0.15, -0.1) is 0 Å². The first-order chi connectivity index (χ1) is 5.83.